The predicted octanol–water partition coefficient (Wildman–Crippen LogP) is 4.73. The lowest BCUT2D eigenvalue weighted by atomic mass is 10.1. The standard InChI is InChI=1S/C23H27N5O/c1-16-12-17(2)14-19(13-16)26-22-15-23(25-18(3)24-22)27-20-6-4-5-7-21(20)28-8-10-29-11-9-28/h4-7,12-15H,8-11H2,1-3H3,(H2,24,25,26,27). The molecule has 150 valence electrons. The van der Waals surface area contributed by atoms with Crippen LogP contribution in [0.2, 0.25) is 0 Å². The minimum absolute atomic E-state index is 0.714. The van der Waals surface area contributed by atoms with Gasteiger partial charge in [-0.15, -0.1) is 0 Å². The highest BCUT2D eigenvalue weighted by Gasteiger charge is 2.15. The lowest BCUT2D eigenvalue weighted by Crippen LogP contribution is -2.36. The van der Waals surface area contributed by atoms with Crippen LogP contribution >= 0.6 is 0 Å². The molecule has 0 unspecified atom stereocenters. The number of aryl methyl sites for hydroxylation is 3. The van der Waals surface area contributed by atoms with Crippen molar-refractivity contribution in [3.63, 3.8) is 0 Å². The zero-order chi connectivity index (χ0) is 20.2. The Balaban J connectivity index is 1.58. The van der Waals surface area contributed by atoms with E-state index in [0.29, 0.717) is 5.82 Å². The number of nitrogens with one attached hydrogen (secondary N) is 2. The molecule has 0 spiro atoms. The lowest BCUT2D eigenvalue weighted by molar-refractivity contribution is 0.123. The second-order valence-electron chi connectivity index (χ2n) is 7.43. The number of aromatic nitrogens is 2. The fourth-order valence-electron chi connectivity index (χ4n) is 3.69. The van der Waals surface area contributed by atoms with Gasteiger partial charge in [-0.3, -0.25) is 0 Å². The van der Waals surface area contributed by atoms with Gasteiger partial charge < -0.3 is 20.3 Å². The summed E-state index contributed by atoms with van der Waals surface area (Å²) in [5.74, 6) is 2.25. The van der Waals surface area contributed by atoms with E-state index in [9.17, 15) is 0 Å². The summed E-state index contributed by atoms with van der Waals surface area (Å²) in [5, 5.41) is 6.90. The molecule has 6 nitrogen and oxygen atoms in total. The van der Waals surface area contributed by atoms with E-state index in [1.165, 1.54) is 11.1 Å². The zero-order valence-electron chi connectivity index (χ0n) is 17.2. The molecule has 1 aromatic heterocycles. The van der Waals surface area contributed by atoms with Crippen LogP contribution in [0.4, 0.5) is 28.7 Å². The first-order chi connectivity index (χ1) is 14.1. The second kappa shape index (κ2) is 8.49. The van der Waals surface area contributed by atoms with Crippen molar-refractivity contribution in [1.29, 1.82) is 0 Å². The SMILES string of the molecule is Cc1cc(C)cc(Nc2cc(Nc3ccccc3N3CCOCC3)nc(C)n2)c1. The van der Waals surface area contributed by atoms with E-state index in [4.69, 9.17) is 4.74 Å². The normalized spacial score (nSPS) is 14.0. The minimum Gasteiger partial charge on any atom is -0.378 e. The zero-order valence-corrected chi connectivity index (χ0v) is 17.2. The largest absolute Gasteiger partial charge is 0.378 e. The molecule has 1 fully saturated rings. The molecule has 3 aromatic rings. The summed E-state index contributed by atoms with van der Waals surface area (Å²) < 4.78 is 5.49. The summed E-state index contributed by atoms with van der Waals surface area (Å²) in [6, 6.07) is 16.7. The number of nitrogens with zero attached hydrogens (tertiary/aromatic N) is 3. The molecule has 0 amide bonds. The van der Waals surface area contributed by atoms with Crippen LogP contribution in [-0.4, -0.2) is 36.3 Å². The average molecular weight is 390 g/mol. The number of hydrogen-bond donors (Lipinski definition) is 2. The van der Waals surface area contributed by atoms with Gasteiger partial charge in [0.15, 0.2) is 0 Å². The molecule has 2 N–H and O–H groups in total. The molecule has 1 saturated heterocycles. The molecule has 6 heteroatoms. The van der Waals surface area contributed by atoms with Gasteiger partial charge in [-0.05, 0) is 56.2 Å². The van der Waals surface area contributed by atoms with Crippen molar-refractivity contribution < 1.29 is 4.74 Å². The first-order valence-corrected chi connectivity index (χ1v) is 9.96. The fourth-order valence-corrected chi connectivity index (χ4v) is 3.69. The molecule has 2 heterocycles. The van der Waals surface area contributed by atoms with Gasteiger partial charge in [0.25, 0.3) is 0 Å². The van der Waals surface area contributed by atoms with Crippen LogP contribution in [-0.2, 0) is 4.74 Å². The Bertz CT molecular complexity index is 978. The van der Waals surface area contributed by atoms with Crippen LogP contribution in [0.1, 0.15) is 17.0 Å². The third kappa shape index (κ3) is 4.84. The number of ether oxygens (including phenoxy) is 1. The summed E-state index contributed by atoms with van der Waals surface area (Å²) in [4.78, 5) is 11.5. The van der Waals surface area contributed by atoms with Gasteiger partial charge in [0.1, 0.15) is 17.5 Å². The number of para-hydroxylation sites is 2. The van der Waals surface area contributed by atoms with Crippen LogP contribution in [0.25, 0.3) is 0 Å². The van der Waals surface area contributed by atoms with Gasteiger partial charge in [-0.2, -0.15) is 0 Å². The van der Waals surface area contributed by atoms with E-state index < -0.39 is 0 Å². The molecule has 0 aliphatic carbocycles. The summed E-state index contributed by atoms with van der Waals surface area (Å²) >= 11 is 0. The highest BCUT2D eigenvalue weighted by Crippen LogP contribution is 2.29. The van der Waals surface area contributed by atoms with Gasteiger partial charge in [0, 0.05) is 24.8 Å². The van der Waals surface area contributed by atoms with Gasteiger partial charge >= 0.3 is 0 Å². The van der Waals surface area contributed by atoms with Crippen molar-refractivity contribution in [2.24, 2.45) is 0 Å². The van der Waals surface area contributed by atoms with Gasteiger partial charge in [-0.25, -0.2) is 9.97 Å². The summed E-state index contributed by atoms with van der Waals surface area (Å²) in [7, 11) is 0. The van der Waals surface area contributed by atoms with Crippen molar-refractivity contribution in [3.05, 3.63) is 65.5 Å². The Morgan fingerprint density at radius 1 is 0.828 bits per heavy atom. The molecule has 4 rings (SSSR count). The molecule has 29 heavy (non-hydrogen) atoms. The summed E-state index contributed by atoms with van der Waals surface area (Å²) in [6.07, 6.45) is 0. The van der Waals surface area contributed by atoms with Gasteiger partial charge in [-0.1, -0.05) is 18.2 Å². The van der Waals surface area contributed by atoms with Crippen molar-refractivity contribution in [2.45, 2.75) is 20.8 Å². The van der Waals surface area contributed by atoms with Crippen molar-refractivity contribution >= 4 is 28.7 Å². The number of anilines is 5. The molecule has 1 aliphatic heterocycles. The van der Waals surface area contributed by atoms with Crippen LogP contribution in [0.5, 0.6) is 0 Å². The highest BCUT2D eigenvalue weighted by atomic mass is 16.5. The van der Waals surface area contributed by atoms with Crippen LogP contribution in [0.15, 0.2) is 48.5 Å². The molecule has 0 saturated carbocycles. The van der Waals surface area contributed by atoms with Gasteiger partial charge in [0.2, 0.25) is 0 Å². The maximum absolute atomic E-state index is 5.49. The Morgan fingerprint density at radius 2 is 1.48 bits per heavy atom. The first kappa shape index (κ1) is 19.2. The quantitative estimate of drug-likeness (QED) is 0.658. The molecule has 1 aliphatic rings. The lowest BCUT2D eigenvalue weighted by Gasteiger charge is -2.30. The highest BCUT2D eigenvalue weighted by molar-refractivity contribution is 5.75. The average Bonchev–Trinajstić information content (AvgIpc) is 2.68. The number of rotatable bonds is 5. The maximum Gasteiger partial charge on any atom is 0.136 e. The smallest absolute Gasteiger partial charge is 0.136 e. The van der Waals surface area contributed by atoms with Crippen LogP contribution in [0.3, 0.4) is 0 Å². The predicted molar refractivity (Wildman–Crippen MR) is 119 cm³/mol. The third-order valence-electron chi connectivity index (χ3n) is 4.85. The maximum atomic E-state index is 5.49. The number of benzene rings is 2. The topological polar surface area (TPSA) is 62.3 Å². The number of morpholine rings is 1. The Kier molecular flexibility index (Phi) is 5.62. The molecule has 2 aromatic carbocycles. The summed E-state index contributed by atoms with van der Waals surface area (Å²) in [6.45, 7) is 9.39. The van der Waals surface area contributed by atoms with E-state index in [2.05, 4.69) is 75.7 Å². The molecule has 0 atom stereocenters. The van der Waals surface area contributed by atoms with E-state index in [1.807, 2.05) is 19.1 Å². The molecular weight excluding hydrogens is 362 g/mol. The third-order valence-corrected chi connectivity index (χ3v) is 4.85. The van der Waals surface area contributed by atoms with Crippen LogP contribution < -0.4 is 15.5 Å². The van der Waals surface area contributed by atoms with Crippen LogP contribution in [0, 0.1) is 20.8 Å². The minimum atomic E-state index is 0.714. The number of hydrogen-bond acceptors (Lipinski definition) is 6. The van der Waals surface area contributed by atoms with Crippen molar-refractivity contribution in [2.75, 3.05) is 41.8 Å². The molecular formula is C23H27N5O. The van der Waals surface area contributed by atoms with E-state index >= 15 is 0 Å². The first-order valence-electron chi connectivity index (χ1n) is 9.96. The molecule has 0 radical (unpaired) electrons. The Labute approximate surface area is 172 Å². The van der Waals surface area contributed by atoms with Crippen molar-refractivity contribution in [1.82, 2.24) is 9.97 Å². The monoisotopic (exact) mass is 389 g/mol. The van der Waals surface area contributed by atoms with E-state index in [0.717, 1.165) is 55.0 Å². The Morgan fingerprint density at radius 3 is 2.21 bits per heavy atom. The molecule has 0 bridgehead atoms. The van der Waals surface area contributed by atoms with E-state index in [-0.39, 0.29) is 0 Å². The van der Waals surface area contributed by atoms with Crippen molar-refractivity contribution in [3.8, 4) is 0 Å². The summed E-state index contributed by atoms with van der Waals surface area (Å²) in [5.41, 5.74) is 5.66. The van der Waals surface area contributed by atoms with E-state index in [1.54, 1.807) is 0 Å². The van der Waals surface area contributed by atoms with Gasteiger partial charge in [0.05, 0.1) is 24.6 Å². The Hall–Kier alpha value is -3.12. The fraction of sp³-hybridized carbons (Fsp3) is 0.304. The second-order valence-corrected chi connectivity index (χ2v) is 7.43.